The number of amides is 2. The van der Waals surface area contributed by atoms with Gasteiger partial charge in [-0.1, -0.05) is 54.4 Å². The van der Waals surface area contributed by atoms with Gasteiger partial charge in [0.2, 0.25) is 11.8 Å². The highest BCUT2D eigenvalue weighted by Gasteiger charge is 2.38. The summed E-state index contributed by atoms with van der Waals surface area (Å²) >= 11 is 9.63. The summed E-state index contributed by atoms with van der Waals surface area (Å²) < 4.78 is 1.86. The number of carbonyl (C=O) groups excluding carboxylic acids is 2. The number of thioether (sulfide) groups is 1. The number of fused-ring (bicyclic) bond motifs is 1. The molecule has 1 fully saturated rings. The number of carbonyl (C=O) groups is 2. The molecule has 0 N–H and O–H groups in total. The van der Waals surface area contributed by atoms with Gasteiger partial charge < -0.3 is 4.90 Å². The van der Waals surface area contributed by atoms with Gasteiger partial charge in [-0.05, 0) is 67.0 Å². The maximum Gasteiger partial charge on any atom is 0.242 e. The highest BCUT2D eigenvalue weighted by atomic mass is 35.5. The zero-order valence-corrected chi connectivity index (χ0v) is 24.9. The molecule has 0 aliphatic carbocycles. The van der Waals surface area contributed by atoms with E-state index >= 15 is 0 Å². The monoisotopic (exact) mass is 590 g/mol. The SMILES string of the molecule is Cc1ccc(-n2nc(-c3cccs3)c3c2N(CC(=O)N2CCC(C)CC2)C(=O)CS[C@H]3c2cccc(Cl)c2)cc1. The summed E-state index contributed by atoms with van der Waals surface area (Å²) in [6, 6.07) is 20.0. The number of anilines is 1. The van der Waals surface area contributed by atoms with Crippen molar-refractivity contribution in [3.8, 4) is 16.3 Å². The Morgan fingerprint density at radius 2 is 1.85 bits per heavy atom. The Kier molecular flexibility index (Phi) is 7.75. The van der Waals surface area contributed by atoms with Crippen LogP contribution >= 0.6 is 34.7 Å². The molecule has 1 saturated heterocycles. The highest BCUT2D eigenvalue weighted by molar-refractivity contribution is 8.00. The molecule has 6 rings (SSSR count). The summed E-state index contributed by atoms with van der Waals surface area (Å²) in [7, 11) is 0. The van der Waals surface area contributed by atoms with E-state index in [-0.39, 0.29) is 29.4 Å². The lowest BCUT2D eigenvalue weighted by molar-refractivity contribution is -0.132. The van der Waals surface area contributed by atoms with E-state index in [9.17, 15) is 9.59 Å². The first-order valence-corrected chi connectivity index (χ1v) is 15.9. The van der Waals surface area contributed by atoms with E-state index in [0.29, 0.717) is 16.8 Å². The third-order valence-electron chi connectivity index (χ3n) is 7.70. The van der Waals surface area contributed by atoms with Crippen molar-refractivity contribution in [3.05, 3.63) is 87.8 Å². The Labute approximate surface area is 247 Å². The zero-order valence-electron chi connectivity index (χ0n) is 22.5. The van der Waals surface area contributed by atoms with Crippen LogP contribution in [0.2, 0.25) is 5.02 Å². The third kappa shape index (κ3) is 5.32. The first-order valence-electron chi connectivity index (χ1n) is 13.6. The molecule has 4 heterocycles. The molecule has 2 aliphatic rings. The standard InChI is InChI=1S/C31H31ClN4O2S2/c1-20-8-10-24(11-9-20)36-31-28(29(33-36)25-7-4-16-39-25)30(22-5-3-6-23(32)17-22)40-19-27(38)35(31)18-26(37)34-14-12-21(2)13-15-34/h3-11,16-17,21,30H,12-15,18-19H2,1-2H3/t30-/m0/s1. The van der Waals surface area contributed by atoms with Crippen LogP contribution in [-0.4, -0.2) is 51.9 Å². The van der Waals surface area contributed by atoms with Crippen molar-refractivity contribution in [2.24, 2.45) is 5.92 Å². The number of hydrogen-bond donors (Lipinski definition) is 0. The van der Waals surface area contributed by atoms with Gasteiger partial charge in [-0.2, -0.15) is 5.10 Å². The topological polar surface area (TPSA) is 58.4 Å². The highest BCUT2D eigenvalue weighted by Crippen LogP contribution is 2.49. The number of likely N-dealkylation sites (tertiary alicyclic amines) is 1. The van der Waals surface area contributed by atoms with Crippen molar-refractivity contribution in [1.29, 1.82) is 0 Å². The molecule has 6 nitrogen and oxygen atoms in total. The Hall–Kier alpha value is -3.07. The zero-order chi connectivity index (χ0) is 27.8. The van der Waals surface area contributed by atoms with Gasteiger partial charge in [-0.25, -0.2) is 4.68 Å². The van der Waals surface area contributed by atoms with Crippen LogP contribution in [0.15, 0.2) is 66.0 Å². The molecule has 1 atom stereocenters. The molecule has 40 heavy (non-hydrogen) atoms. The summed E-state index contributed by atoms with van der Waals surface area (Å²) in [5.74, 6) is 1.40. The fourth-order valence-corrected chi connectivity index (χ4v) is 7.52. The molecule has 0 bridgehead atoms. The maximum absolute atomic E-state index is 13.9. The number of piperidine rings is 1. The average molecular weight is 591 g/mol. The van der Waals surface area contributed by atoms with Crippen molar-refractivity contribution in [1.82, 2.24) is 14.7 Å². The fourth-order valence-electron chi connectivity index (χ4n) is 5.41. The number of aromatic nitrogens is 2. The van der Waals surface area contributed by atoms with Gasteiger partial charge in [0.05, 0.1) is 21.6 Å². The van der Waals surface area contributed by atoms with Gasteiger partial charge in [0.25, 0.3) is 0 Å². The molecule has 2 aromatic heterocycles. The minimum absolute atomic E-state index is 0.00945. The number of thiophene rings is 1. The molecule has 2 amide bonds. The van der Waals surface area contributed by atoms with Crippen molar-refractivity contribution in [2.45, 2.75) is 31.9 Å². The van der Waals surface area contributed by atoms with Crippen LogP contribution in [0.5, 0.6) is 0 Å². The van der Waals surface area contributed by atoms with Crippen LogP contribution in [0, 0.1) is 12.8 Å². The van der Waals surface area contributed by atoms with Crippen LogP contribution in [0.4, 0.5) is 5.82 Å². The molecule has 2 aliphatic heterocycles. The van der Waals surface area contributed by atoms with E-state index in [0.717, 1.165) is 58.9 Å². The molecular weight excluding hydrogens is 560 g/mol. The lowest BCUT2D eigenvalue weighted by atomic mass is 9.99. The lowest BCUT2D eigenvalue weighted by Crippen LogP contribution is -2.46. The Balaban J connectivity index is 1.54. The predicted octanol–water partition coefficient (Wildman–Crippen LogP) is 6.99. The van der Waals surface area contributed by atoms with Crippen LogP contribution in [0.25, 0.3) is 16.3 Å². The second-order valence-electron chi connectivity index (χ2n) is 10.6. The van der Waals surface area contributed by atoms with Gasteiger partial charge >= 0.3 is 0 Å². The predicted molar refractivity (Wildman–Crippen MR) is 165 cm³/mol. The number of aryl methyl sites for hydroxylation is 1. The van der Waals surface area contributed by atoms with Crippen LogP contribution in [0.3, 0.4) is 0 Å². The van der Waals surface area contributed by atoms with Crippen molar-refractivity contribution < 1.29 is 9.59 Å². The number of hydrogen-bond acceptors (Lipinski definition) is 5. The lowest BCUT2D eigenvalue weighted by Gasteiger charge is -2.32. The van der Waals surface area contributed by atoms with Crippen molar-refractivity contribution in [2.75, 3.05) is 30.3 Å². The van der Waals surface area contributed by atoms with Gasteiger partial charge in [0.15, 0.2) is 0 Å². The largest absolute Gasteiger partial charge is 0.341 e. The summed E-state index contributed by atoms with van der Waals surface area (Å²) in [5, 5.41) is 7.64. The maximum atomic E-state index is 13.9. The Morgan fingerprint density at radius 1 is 1.07 bits per heavy atom. The van der Waals surface area contributed by atoms with Crippen molar-refractivity contribution in [3.63, 3.8) is 0 Å². The molecule has 9 heteroatoms. The number of nitrogens with zero attached hydrogens (tertiary/aromatic N) is 4. The van der Waals surface area contributed by atoms with E-state index in [1.807, 2.05) is 70.4 Å². The minimum Gasteiger partial charge on any atom is -0.341 e. The number of rotatable bonds is 5. The molecule has 2 aromatic carbocycles. The first kappa shape index (κ1) is 27.1. The van der Waals surface area contributed by atoms with Crippen molar-refractivity contribution >= 4 is 52.3 Å². The van der Waals surface area contributed by atoms with E-state index in [1.54, 1.807) is 28.0 Å². The van der Waals surface area contributed by atoms with E-state index in [1.165, 1.54) is 0 Å². The van der Waals surface area contributed by atoms with Crippen LogP contribution in [-0.2, 0) is 9.59 Å². The quantitative estimate of drug-likeness (QED) is 0.251. The van der Waals surface area contributed by atoms with Gasteiger partial charge in [0.1, 0.15) is 18.1 Å². The summed E-state index contributed by atoms with van der Waals surface area (Å²) in [4.78, 5) is 32.1. The van der Waals surface area contributed by atoms with E-state index in [4.69, 9.17) is 16.7 Å². The smallest absolute Gasteiger partial charge is 0.242 e. The molecule has 4 aromatic rings. The minimum atomic E-state index is -0.190. The third-order valence-corrected chi connectivity index (χ3v) is 10.1. The Bertz CT molecular complexity index is 1530. The number of benzene rings is 2. The van der Waals surface area contributed by atoms with Gasteiger partial charge in [-0.15, -0.1) is 23.1 Å². The van der Waals surface area contributed by atoms with Crippen LogP contribution < -0.4 is 4.90 Å². The Morgan fingerprint density at radius 3 is 2.55 bits per heavy atom. The molecule has 0 radical (unpaired) electrons. The second kappa shape index (κ2) is 11.4. The van der Waals surface area contributed by atoms with Crippen LogP contribution in [0.1, 0.15) is 41.7 Å². The normalized spacial score (nSPS) is 18.1. The van der Waals surface area contributed by atoms with E-state index in [2.05, 4.69) is 19.1 Å². The molecule has 0 saturated carbocycles. The molecule has 0 unspecified atom stereocenters. The summed E-state index contributed by atoms with van der Waals surface area (Å²) in [6.07, 6.45) is 1.98. The summed E-state index contributed by atoms with van der Waals surface area (Å²) in [5.41, 5.74) is 4.74. The van der Waals surface area contributed by atoms with Gasteiger partial charge in [-0.3, -0.25) is 14.5 Å². The fraction of sp³-hybridized carbons (Fsp3) is 0.323. The first-order chi connectivity index (χ1) is 19.4. The van der Waals surface area contributed by atoms with E-state index < -0.39 is 0 Å². The second-order valence-corrected chi connectivity index (χ2v) is 13.1. The summed E-state index contributed by atoms with van der Waals surface area (Å²) in [6.45, 7) is 5.72. The molecule has 206 valence electrons. The van der Waals surface area contributed by atoms with Gasteiger partial charge in [0, 0.05) is 23.7 Å². The molecule has 0 spiro atoms. The average Bonchev–Trinajstić information content (AvgIpc) is 3.59. The molecular formula is C31H31ClN4O2S2. The number of halogens is 1.